The molecule has 5 heteroatoms. The van der Waals surface area contributed by atoms with Crippen LogP contribution in [0.1, 0.15) is 5.69 Å². The largest absolute Gasteiger partial charge is 0.457 e. The van der Waals surface area contributed by atoms with Crippen LogP contribution >= 0.6 is 0 Å². The molecule has 0 spiro atoms. The Hall–Kier alpha value is -2.56. The summed E-state index contributed by atoms with van der Waals surface area (Å²) in [5, 5.41) is 11.4. The predicted molar refractivity (Wildman–Crippen MR) is 63.3 cm³/mol. The zero-order valence-electron chi connectivity index (χ0n) is 8.95. The highest BCUT2D eigenvalue weighted by molar-refractivity contribution is 5.95. The Morgan fingerprint density at radius 3 is 2.65 bits per heavy atom. The van der Waals surface area contributed by atoms with Gasteiger partial charge in [-0.05, 0) is 18.2 Å². The third kappa shape index (κ3) is 2.72. The fraction of sp³-hybridized carbons (Fsp3) is 0. The number of hydrogen-bond donors (Lipinski definition) is 2. The fourth-order valence-corrected chi connectivity index (χ4v) is 1.29. The monoisotopic (exact) mass is 229 g/mol. The number of nitrogens with zero attached hydrogens (tertiary/aromatic N) is 2. The summed E-state index contributed by atoms with van der Waals surface area (Å²) in [7, 11) is 0. The van der Waals surface area contributed by atoms with Crippen LogP contribution in [0.15, 0.2) is 53.8 Å². The van der Waals surface area contributed by atoms with Gasteiger partial charge in [-0.25, -0.2) is 0 Å². The molecule has 3 N–H and O–H groups in total. The molecule has 1 aromatic carbocycles. The van der Waals surface area contributed by atoms with Crippen LogP contribution in [0, 0.1) is 0 Å². The van der Waals surface area contributed by atoms with Crippen molar-refractivity contribution in [3.05, 3.63) is 54.4 Å². The summed E-state index contributed by atoms with van der Waals surface area (Å²) < 4.78 is 5.58. The standard InChI is InChI=1S/C12H11N3O2/c13-12(15-16)11-8-10(6-7-14-11)17-9-4-2-1-3-5-9/h1-8,16H,(H2,13,15). The van der Waals surface area contributed by atoms with Crippen LogP contribution in [0.25, 0.3) is 0 Å². The number of rotatable bonds is 3. The molecule has 1 heterocycles. The molecule has 0 unspecified atom stereocenters. The maximum atomic E-state index is 8.55. The number of para-hydroxylation sites is 1. The number of aromatic nitrogens is 1. The normalized spacial score (nSPS) is 11.2. The van der Waals surface area contributed by atoms with Crippen LogP contribution in [-0.2, 0) is 0 Å². The van der Waals surface area contributed by atoms with Gasteiger partial charge >= 0.3 is 0 Å². The van der Waals surface area contributed by atoms with E-state index in [-0.39, 0.29) is 5.84 Å². The highest BCUT2D eigenvalue weighted by atomic mass is 16.5. The maximum Gasteiger partial charge on any atom is 0.188 e. The van der Waals surface area contributed by atoms with Crippen molar-refractivity contribution in [2.75, 3.05) is 0 Å². The first-order chi connectivity index (χ1) is 8.29. The van der Waals surface area contributed by atoms with E-state index in [0.29, 0.717) is 17.2 Å². The molecule has 0 atom stereocenters. The smallest absolute Gasteiger partial charge is 0.188 e. The number of oxime groups is 1. The molecule has 17 heavy (non-hydrogen) atoms. The number of hydrogen-bond acceptors (Lipinski definition) is 4. The maximum absolute atomic E-state index is 8.55. The van der Waals surface area contributed by atoms with Crippen molar-refractivity contribution in [1.82, 2.24) is 4.98 Å². The minimum atomic E-state index is -0.0523. The van der Waals surface area contributed by atoms with Gasteiger partial charge in [-0.1, -0.05) is 23.4 Å². The molecule has 0 aliphatic carbocycles. The van der Waals surface area contributed by atoms with Gasteiger partial charge in [0.05, 0.1) is 0 Å². The summed E-state index contributed by atoms with van der Waals surface area (Å²) in [6.07, 6.45) is 1.53. The molecule has 1 aromatic heterocycles. The van der Waals surface area contributed by atoms with E-state index in [1.54, 1.807) is 12.1 Å². The van der Waals surface area contributed by atoms with Crippen LogP contribution in [0.4, 0.5) is 0 Å². The summed E-state index contributed by atoms with van der Waals surface area (Å²) in [4.78, 5) is 3.96. The summed E-state index contributed by atoms with van der Waals surface area (Å²) in [6, 6.07) is 12.6. The van der Waals surface area contributed by atoms with Crippen LogP contribution in [0.3, 0.4) is 0 Å². The number of pyridine rings is 1. The highest BCUT2D eigenvalue weighted by Crippen LogP contribution is 2.20. The zero-order chi connectivity index (χ0) is 12.1. The molecule has 0 amide bonds. The number of ether oxygens (including phenoxy) is 1. The molecular formula is C12H11N3O2. The van der Waals surface area contributed by atoms with Crippen LogP contribution in [0.2, 0.25) is 0 Å². The van der Waals surface area contributed by atoms with E-state index in [9.17, 15) is 0 Å². The first kappa shape index (κ1) is 10.9. The summed E-state index contributed by atoms with van der Waals surface area (Å²) in [6.45, 7) is 0. The summed E-state index contributed by atoms with van der Waals surface area (Å²) >= 11 is 0. The van der Waals surface area contributed by atoms with Gasteiger partial charge in [-0.15, -0.1) is 0 Å². The lowest BCUT2D eigenvalue weighted by Gasteiger charge is -2.06. The van der Waals surface area contributed by atoms with Crippen molar-refractivity contribution >= 4 is 5.84 Å². The molecule has 0 aliphatic rings. The second kappa shape index (κ2) is 4.98. The van der Waals surface area contributed by atoms with E-state index in [2.05, 4.69) is 10.1 Å². The van der Waals surface area contributed by atoms with Gasteiger partial charge in [-0.2, -0.15) is 0 Å². The van der Waals surface area contributed by atoms with Gasteiger partial charge in [0, 0.05) is 12.3 Å². The van der Waals surface area contributed by atoms with Gasteiger partial charge < -0.3 is 15.7 Å². The Balaban J connectivity index is 2.23. The Morgan fingerprint density at radius 1 is 1.18 bits per heavy atom. The first-order valence-corrected chi connectivity index (χ1v) is 4.96. The van der Waals surface area contributed by atoms with Crippen LogP contribution in [0.5, 0.6) is 11.5 Å². The second-order valence-corrected chi connectivity index (χ2v) is 3.28. The topological polar surface area (TPSA) is 80.7 Å². The van der Waals surface area contributed by atoms with Crippen molar-refractivity contribution in [3.8, 4) is 11.5 Å². The van der Waals surface area contributed by atoms with E-state index in [0.717, 1.165) is 0 Å². The SMILES string of the molecule is NC(=NO)c1cc(Oc2ccccc2)ccn1. The molecule has 0 aliphatic heterocycles. The van der Waals surface area contributed by atoms with Crippen LogP contribution in [-0.4, -0.2) is 16.0 Å². The van der Waals surface area contributed by atoms with Crippen molar-refractivity contribution in [2.24, 2.45) is 10.9 Å². The lowest BCUT2D eigenvalue weighted by molar-refractivity contribution is 0.318. The highest BCUT2D eigenvalue weighted by Gasteiger charge is 2.03. The Kier molecular flexibility index (Phi) is 3.20. The molecule has 0 bridgehead atoms. The van der Waals surface area contributed by atoms with Crippen LogP contribution < -0.4 is 10.5 Å². The summed E-state index contributed by atoms with van der Waals surface area (Å²) in [5.74, 6) is 1.24. The molecule has 0 saturated heterocycles. The second-order valence-electron chi connectivity index (χ2n) is 3.28. The third-order valence-corrected chi connectivity index (χ3v) is 2.08. The van der Waals surface area contributed by atoms with Gasteiger partial charge in [-0.3, -0.25) is 4.98 Å². The Labute approximate surface area is 98.2 Å². The predicted octanol–water partition coefficient (Wildman–Crippen LogP) is 1.97. The minimum Gasteiger partial charge on any atom is -0.457 e. The van der Waals surface area contributed by atoms with Gasteiger partial charge in [0.15, 0.2) is 5.84 Å². The molecule has 0 saturated carbocycles. The van der Waals surface area contributed by atoms with Gasteiger partial charge in [0.1, 0.15) is 17.2 Å². The van der Waals surface area contributed by atoms with Crippen molar-refractivity contribution in [2.45, 2.75) is 0 Å². The summed E-state index contributed by atoms with van der Waals surface area (Å²) in [5.41, 5.74) is 5.80. The quantitative estimate of drug-likeness (QED) is 0.365. The fourth-order valence-electron chi connectivity index (χ4n) is 1.29. The van der Waals surface area contributed by atoms with Crippen molar-refractivity contribution in [3.63, 3.8) is 0 Å². The third-order valence-electron chi connectivity index (χ3n) is 2.08. The molecule has 0 radical (unpaired) electrons. The molecule has 2 aromatic rings. The molecule has 2 rings (SSSR count). The van der Waals surface area contributed by atoms with E-state index in [4.69, 9.17) is 15.7 Å². The Bertz CT molecular complexity index is 526. The molecule has 86 valence electrons. The minimum absolute atomic E-state index is 0.0523. The average Bonchev–Trinajstić information content (AvgIpc) is 2.39. The van der Waals surface area contributed by atoms with E-state index < -0.39 is 0 Å². The number of nitrogens with two attached hydrogens (primary N) is 1. The molecule has 0 fully saturated rings. The lowest BCUT2D eigenvalue weighted by Crippen LogP contribution is -2.14. The van der Waals surface area contributed by atoms with Gasteiger partial charge in [0.2, 0.25) is 0 Å². The first-order valence-electron chi connectivity index (χ1n) is 4.96. The van der Waals surface area contributed by atoms with E-state index >= 15 is 0 Å². The lowest BCUT2D eigenvalue weighted by atomic mass is 10.3. The van der Waals surface area contributed by atoms with Crippen molar-refractivity contribution < 1.29 is 9.94 Å². The van der Waals surface area contributed by atoms with Crippen molar-refractivity contribution in [1.29, 1.82) is 0 Å². The Morgan fingerprint density at radius 2 is 1.94 bits per heavy atom. The molecule has 5 nitrogen and oxygen atoms in total. The average molecular weight is 229 g/mol. The van der Waals surface area contributed by atoms with E-state index in [1.165, 1.54) is 6.20 Å². The van der Waals surface area contributed by atoms with E-state index in [1.807, 2.05) is 30.3 Å². The zero-order valence-corrected chi connectivity index (χ0v) is 8.95. The number of benzene rings is 1. The number of amidine groups is 1. The molecular weight excluding hydrogens is 218 g/mol. The van der Waals surface area contributed by atoms with Gasteiger partial charge in [0.25, 0.3) is 0 Å².